The molecule has 1 aliphatic rings. The fourth-order valence-corrected chi connectivity index (χ4v) is 2.55. The van der Waals surface area contributed by atoms with Gasteiger partial charge in [0.25, 0.3) is 0 Å². The van der Waals surface area contributed by atoms with Crippen molar-refractivity contribution < 1.29 is 14.6 Å². The van der Waals surface area contributed by atoms with Gasteiger partial charge in [-0.15, -0.1) is 6.42 Å². The smallest absolute Gasteiger partial charge is 0.343 e. The molecule has 1 aliphatic carbocycles. The van der Waals surface area contributed by atoms with E-state index < -0.39 is 11.6 Å². The minimum absolute atomic E-state index is 0.0796. The zero-order chi connectivity index (χ0) is 16.2. The molecule has 0 bridgehead atoms. The number of phenolic OH excluding ortho intramolecular Hbond substituents is 1. The van der Waals surface area contributed by atoms with Gasteiger partial charge in [-0.05, 0) is 49.0 Å². The number of ether oxygens (including phenoxy) is 1. The zero-order valence-electron chi connectivity index (χ0n) is 13.1. The number of rotatable bonds is 4. The number of terminal acetylenes is 1. The first-order valence-corrected chi connectivity index (χ1v) is 7.73. The van der Waals surface area contributed by atoms with Crippen LogP contribution in [0, 0.1) is 12.3 Å². The van der Waals surface area contributed by atoms with E-state index in [-0.39, 0.29) is 11.3 Å². The number of benzene rings is 1. The number of esters is 1. The van der Waals surface area contributed by atoms with Gasteiger partial charge in [-0.3, -0.25) is 0 Å². The summed E-state index contributed by atoms with van der Waals surface area (Å²) in [5.41, 5.74) is 0.182. The van der Waals surface area contributed by atoms with E-state index in [1.54, 1.807) is 12.1 Å². The minimum Gasteiger partial charge on any atom is -0.507 e. The van der Waals surface area contributed by atoms with Gasteiger partial charge in [0.05, 0.1) is 0 Å². The van der Waals surface area contributed by atoms with E-state index in [1.165, 1.54) is 6.07 Å². The van der Waals surface area contributed by atoms with Gasteiger partial charge in [-0.1, -0.05) is 31.9 Å². The predicted molar refractivity (Wildman–Crippen MR) is 86.8 cm³/mol. The number of carbonyl (C=O) groups is 1. The van der Waals surface area contributed by atoms with E-state index in [9.17, 15) is 9.90 Å². The number of carbonyl (C=O) groups excluding carboxylic acids is 1. The van der Waals surface area contributed by atoms with Gasteiger partial charge in [0.1, 0.15) is 11.3 Å². The fraction of sp³-hybridized carbons (Fsp3) is 0.421. The first-order chi connectivity index (χ1) is 10.5. The summed E-state index contributed by atoms with van der Waals surface area (Å²) in [6, 6.07) is 5.07. The maximum Gasteiger partial charge on any atom is 0.343 e. The van der Waals surface area contributed by atoms with Crippen LogP contribution in [0.2, 0.25) is 0 Å². The van der Waals surface area contributed by atoms with Crippen molar-refractivity contribution >= 4 is 5.97 Å². The molecule has 0 heterocycles. The summed E-state index contributed by atoms with van der Waals surface area (Å²) < 4.78 is 5.54. The second kappa shape index (κ2) is 6.70. The van der Waals surface area contributed by atoms with Crippen LogP contribution < -0.4 is 0 Å². The van der Waals surface area contributed by atoms with Crippen molar-refractivity contribution in [1.29, 1.82) is 0 Å². The highest BCUT2D eigenvalue weighted by Crippen LogP contribution is 2.30. The highest BCUT2D eigenvalue weighted by Gasteiger charge is 2.32. The average Bonchev–Trinajstić information content (AvgIpc) is 2.55. The summed E-state index contributed by atoms with van der Waals surface area (Å²) in [6.07, 6.45) is 12.7. The summed E-state index contributed by atoms with van der Waals surface area (Å²) in [5, 5.41) is 9.98. The third-order valence-electron chi connectivity index (χ3n) is 4.25. The third-order valence-corrected chi connectivity index (χ3v) is 4.25. The molecule has 1 N–H and O–H groups in total. The van der Waals surface area contributed by atoms with Crippen LogP contribution in [-0.4, -0.2) is 16.7 Å². The molecule has 116 valence electrons. The first-order valence-electron chi connectivity index (χ1n) is 7.73. The van der Waals surface area contributed by atoms with E-state index in [4.69, 9.17) is 11.2 Å². The number of allylic oxidation sites excluding steroid dienone is 1. The Morgan fingerprint density at radius 2 is 2.32 bits per heavy atom. The van der Waals surface area contributed by atoms with Crippen LogP contribution in [0.5, 0.6) is 5.75 Å². The molecule has 0 spiro atoms. The normalized spacial score (nSPS) is 21.9. The maximum atomic E-state index is 12.4. The van der Waals surface area contributed by atoms with Gasteiger partial charge >= 0.3 is 5.97 Å². The lowest BCUT2D eigenvalue weighted by atomic mass is 9.91. The molecule has 2 atom stereocenters. The quantitative estimate of drug-likeness (QED) is 0.515. The Morgan fingerprint density at radius 3 is 2.91 bits per heavy atom. The van der Waals surface area contributed by atoms with Crippen molar-refractivity contribution in [3.8, 4) is 18.1 Å². The van der Waals surface area contributed by atoms with Gasteiger partial charge < -0.3 is 9.84 Å². The molecule has 2 unspecified atom stereocenters. The Labute approximate surface area is 132 Å². The van der Waals surface area contributed by atoms with Crippen molar-refractivity contribution in [3.05, 3.63) is 41.5 Å². The molecule has 0 saturated heterocycles. The van der Waals surface area contributed by atoms with Crippen LogP contribution >= 0.6 is 0 Å². The Hall–Kier alpha value is -2.21. The molecule has 0 aliphatic heterocycles. The lowest BCUT2D eigenvalue weighted by Gasteiger charge is -2.28. The standard InChI is InChI=1S/C19H22O3/c1-4-14(3)15-9-10-17(20)16(13-15)18(21)22-19(5-2)11-7-6-8-12-19/h2,7,9-11,13-14,20H,4,6,8,12H2,1,3H3. The van der Waals surface area contributed by atoms with Crippen LogP contribution in [-0.2, 0) is 4.74 Å². The zero-order valence-corrected chi connectivity index (χ0v) is 13.1. The SMILES string of the molecule is C#CC1(OC(=O)c2cc(C(C)CC)ccc2O)C=CCCC1. The van der Waals surface area contributed by atoms with E-state index in [1.807, 2.05) is 12.1 Å². The monoisotopic (exact) mass is 298 g/mol. The summed E-state index contributed by atoms with van der Waals surface area (Å²) in [7, 11) is 0. The molecular formula is C19H22O3. The largest absolute Gasteiger partial charge is 0.507 e. The van der Waals surface area contributed by atoms with Crippen LogP contribution in [0.4, 0.5) is 0 Å². The molecule has 0 fully saturated rings. The molecule has 0 radical (unpaired) electrons. The Kier molecular flexibility index (Phi) is 4.92. The summed E-state index contributed by atoms with van der Waals surface area (Å²) in [5.74, 6) is 2.23. The molecule has 0 aromatic heterocycles. The molecular weight excluding hydrogens is 276 g/mol. The summed E-state index contributed by atoms with van der Waals surface area (Å²) in [6.45, 7) is 4.16. The van der Waals surface area contributed by atoms with Crippen molar-refractivity contribution in [3.63, 3.8) is 0 Å². The summed E-state index contributed by atoms with van der Waals surface area (Å²) >= 11 is 0. The molecule has 0 saturated carbocycles. The van der Waals surface area contributed by atoms with Crippen molar-refractivity contribution in [2.75, 3.05) is 0 Å². The number of phenols is 1. The Balaban J connectivity index is 2.27. The Morgan fingerprint density at radius 1 is 1.55 bits per heavy atom. The van der Waals surface area contributed by atoms with Gasteiger partial charge in [0, 0.05) is 6.42 Å². The first kappa shape index (κ1) is 16.2. The van der Waals surface area contributed by atoms with Gasteiger partial charge in [0.15, 0.2) is 5.60 Å². The second-order valence-corrected chi connectivity index (χ2v) is 5.80. The van der Waals surface area contributed by atoms with Crippen molar-refractivity contribution in [2.45, 2.75) is 51.0 Å². The fourth-order valence-electron chi connectivity index (χ4n) is 2.55. The molecule has 1 aromatic rings. The number of aromatic hydroxyl groups is 1. The van der Waals surface area contributed by atoms with E-state index in [0.717, 1.165) is 24.8 Å². The van der Waals surface area contributed by atoms with Crippen molar-refractivity contribution in [1.82, 2.24) is 0 Å². The molecule has 3 heteroatoms. The van der Waals surface area contributed by atoms with E-state index >= 15 is 0 Å². The highest BCUT2D eigenvalue weighted by atomic mass is 16.6. The van der Waals surface area contributed by atoms with Crippen LogP contribution in [0.25, 0.3) is 0 Å². The molecule has 3 nitrogen and oxygen atoms in total. The number of hydrogen-bond donors (Lipinski definition) is 1. The van der Waals surface area contributed by atoms with Gasteiger partial charge in [-0.25, -0.2) is 4.79 Å². The van der Waals surface area contributed by atoms with E-state index in [2.05, 4.69) is 19.8 Å². The topological polar surface area (TPSA) is 46.5 Å². The molecule has 22 heavy (non-hydrogen) atoms. The van der Waals surface area contributed by atoms with Crippen LogP contribution in [0.15, 0.2) is 30.4 Å². The van der Waals surface area contributed by atoms with Crippen LogP contribution in [0.1, 0.15) is 61.4 Å². The van der Waals surface area contributed by atoms with Gasteiger partial charge in [0.2, 0.25) is 0 Å². The molecule has 1 aromatic carbocycles. The summed E-state index contributed by atoms with van der Waals surface area (Å²) in [4.78, 5) is 12.4. The Bertz CT molecular complexity index is 624. The highest BCUT2D eigenvalue weighted by molar-refractivity contribution is 5.93. The maximum absolute atomic E-state index is 12.4. The lowest BCUT2D eigenvalue weighted by Crippen LogP contribution is -2.33. The predicted octanol–water partition coefficient (Wildman–Crippen LogP) is 4.17. The van der Waals surface area contributed by atoms with Gasteiger partial charge in [-0.2, -0.15) is 0 Å². The van der Waals surface area contributed by atoms with E-state index in [0.29, 0.717) is 12.3 Å². The lowest BCUT2D eigenvalue weighted by molar-refractivity contribution is 0.0190. The minimum atomic E-state index is -0.992. The van der Waals surface area contributed by atoms with Crippen LogP contribution in [0.3, 0.4) is 0 Å². The number of hydrogen-bond acceptors (Lipinski definition) is 3. The third kappa shape index (κ3) is 3.33. The second-order valence-electron chi connectivity index (χ2n) is 5.80. The molecule has 2 rings (SSSR count). The molecule has 0 amide bonds. The average molecular weight is 298 g/mol. The van der Waals surface area contributed by atoms with Crippen molar-refractivity contribution in [2.24, 2.45) is 0 Å².